The van der Waals surface area contributed by atoms with Crippen molar-refractivity contribution < 1.29 is 4.39 Å². The van der Waals surface area contributed by atoms with Crippen LogP contribution in [-0.2, 0) is 6.54 Å². The highest BCUT2D eigenvalue weighted by atomic mass is 19.1. The molecule has 2 aromatic carbocycles. The lowest BCUT2D eigenvalue weighted by molar-refractivity contribution is 0.582. The molecule has 2 heteroatoms. The standard InChI is InChI=1S/C18H22FN/c1-12(2)20-11-15-7-8-16(18(19)10-15)17-9-13(3)5-6-14(17)4/h5-10,12,20H,11H2,1-4H3. The van der Waals surface area contributed by atoms with Crippen molar-refractivity contribution in [3.05, 3.63) is 58.9 Å². The zero-order chi connectivity index (χ0) is 14.7. The molecule has 0 saturated heterocycles. The molecule has 106 valence electrons. The third kappa shape index (κ3) is 3.45. The van der Waals surface area contributed by atoms with Gasteiger partial charge < -0.3 is 5.32 Å². The maximum absolute atomic E-state index is 14.3. The van der Waals surface area contributed by atoms with Gasteiger partial charge in [0.2, 0.25) is 0 Å². The van der Waals surface area contributed by atoms with Crippen LogP contribution in [-0.4, -0.2) is 6.04 Å². The fraction of sp³-hybridized carbons (Fsp3) is 0.333. The Balaban J connectivity index is 2.32. The predicted molar refractivity (Wildman–Crippen MR) is 83.3 cm³/mol. The van der Waals surface area contributed by atoms with Gasteiger partial charge in [0.15, 0.2) is 0 Å². The van der Waals surface area contributed by atoms with Gasteiger partial charge in [0.05, 0.1) is 0 Å². The van der Waals surface area contributed by atoms with Gasteiger partial charge in [-0.05, 0) is 36.6 Å². The highest BCUT2D eigenvalue weighted by Gasteiger charge is 2.09. The number of hydrogen-bond acceptors (Lipinski definition) is 1. The number of benzene rings is 2. The monoisotopic (exact) mass is 271 g/mol. The molecule has 1 nitrogen and oxygen atoms in total. The second-order valence-electron chi connectivity index (χ2n) is 5.67. The molecule has 0 aliphatic rings. The van der Waals surface area contributed by atoms with Crippen LogP contribution in [0.3, 0.4) is 0 Å². The van der Waals surface area contributed by atoms with E-state index in [0.29, 0.717) is 18.2 Å². The molecule has 0 fully saturated rings. The van der Waals surface area contributed by atoms with Crippen molar-refractivity contribution in [3.63, 3.8) is 0 Å². The molecule has 2 aromatic rings. The Morgan fingerprint density at radius 3 is 2.40 bits per heavy atom. The second kappa shape index (κ2) is 6.19. The highest BCUT2D eigenvalue weighted by Crippen LogP contribution is 2.27. The summed E-state index contributed by atoms with van der Waals surface area (Å²) in [5.41, 5.74) is 4.88. The number of nitrogens with one attached hydrogen (secondary N) is 1. The molecule has 0 aliphatic carbocycles. The Bertz CT molecular complexity index is 602. The fourth-order valence-electron chi connectivity index (χ4n) is 2.23. The third-order valence-corrected chi connectivity index (χ3v) is 3.43. The van der Waals surface area contributed by atoms with Crippen LogP contribution in [0.2, 0.25) is 0 Å². The summed E-state index contributed by atoms with van der Waals surface area (Å²) in [6.45, 7) is 8.91. The van der Waals surface area contributed by atoms with Gasteiger partial charge in [-0.3, -0.25) is 0 Å². The summed E-state index contributed by atoms with van der Waals surface area (Å²) in [7, 11) is 0. The van der Waals surface area contributed by atoms with Crippen LogP contribution in [0.4, 0.5) is 4.39 Å². The van der Waals surface area contributed by atoms with Crippen LogP contribution in [0.1, 0.15) is 30.5 Å². The van der Waals surface area contributed by atoms with E-state index in [4.69, 9.17) is 0 Å². The average molecular weight is 271 g/mol. The highest BCUT2D eigenvalue weighted by molar-refractivity contribution is 5.68. The van der Waals surface area contributed by atoms with E-state index in [9.17, 15) is 4.39 Å². The summed E-state index contributed by atoms with van der Waals surface area (Å²) in [5, 5.41) is 3.30. The average Bonchev–Trinajstić information content (AvgIpc) is 2.39. The third-order valence-electron chi connectivity index (χ3n) is 3.43. The quantitative estimate of drug-likeness (QED) is 0.856. The van der Waals surface area contributed by atoms with Gasteiger partial charge >= 0.3 is 0 Å². The zero-order valence-corrected chi connectivity index (χ0v) is 12.6. The summed E-state index contributed by atoms with van der Waals surface area (Å²) in [6.07, 6.45) is 0. The van der Waals surface area contributed by atoms with Crippen LogP contribution >= 0.6 is 0 Å². The smallest absolute Gasteiger partial charge is 0.131 e. The first kappa shape index (κ1) is 14.7. The first-order valence-electron chi connectivity index (χ1n) is 7.07. The van der Waals surface area contributed by atoms with Crippen molar-refractivity contribution in [2.75, 3.05) is 0 Å². The van der Waals surface area contributed by atoms with E-state index in [1.165, 1.54) is 0 Å². The van der Waals surface area contributed by atoms with Gasteiger partial charge in [-0.25, -0.2) is 4.39 Å². The molecule has 0 unspecified atom stereocenters. The zero-order valence-electron chi connectivity index (χ0n) is 12.6. The van der Waals surface area contributed by atoms with Crippen LogP contribution in [0.25, 0.3) is 11.1 Å². The topological polar surface area (TPSA) is 12.0 Å². The van der Waals surface area contributed by atoms with Gasteiger partial charge in [0.1, 0.15) is 5.82 Å². The fourth-order valence-corrected chi connectivity index (χ4v) is 2.23. The van der Waals surface area contributed by atoms with Crippen molar-refractivity contribution in [2.45, 2.75) is 40.3 Å². The van der Waals surface area contributed by atoms with Crippen molar-refractivity contribution in [1.29, 1.82) is 0 Å². The van der Waals surface area contributed by atoms with Gasteiger partial charge in [0.25, 0.3) is 0 Å². The Labute approximate surface area is 120 Å². The SMILES string of the molecule is Cc1ccc(C)c(-c2ccc(CNC(C)C)cc2F)c1. The molecular formula is C18H22FN. The first-order chi connectivity index (χ1) is 9.47. The molecule has 0 atom stereocenters. The normalized spacial score (nSPS) is 11.1. The molecule has 0 bridgehead atoms. The van der Waals surface area contributed by atoms with E-state index in [2.05, 4.69) is 25.2 Å². The summed E-state index contributed by atoms with van der Waals surface area (Å²) < 4.78 is 14.3. The summed E-state index contributed by atoms with van der Waals surface area (Å²) in [5.74, 6) is -0.151. The molecule has 0 amide bonds. The van der Waals surface area contributed by atoms with Crippen molar-refractivity contribution in [2.24, 2.45) is 0 Å². The minimum atomic E-state index is -0.151. The minimum Gasteiger partial charge on any atom is -0.310 e. The van der Waals surface area contributed by atoms with E-state index in [1.807, 2.05) is 38.1 Å². The Morgan fingerprint density at radius 1 is 1.00 bits per heavy atom. The predicted octanol–water partition coefficient (Wildman–Crippen LogP) is 4.61. The summed E-state index contributed by atoms with van der Waals surface area (Å²) >= 11 is 0. The lowest BCUT2D eigenvalue weighted by Gasteiger charge is -2.12. The molecule has 0 heterocycles. The summed E-state index contributed by atoms with van der Waals surface area (Å²) in [4.78, 5) is 0. The number of halogens is 1. The van der Waals surface area contributed by atoms with E-state index < -0.39 is 0 Å². The number of rotatable bonds is 4. The molecular weight excluding hydrogens is 249 g/mol. The van der Waals surface area contributed by atoms with Crippen LogP contribution in [0.5, 0.6) is 0 Å². The van der Waals surface area contributed by atoms with Crippen molar-refractivity contribution in [3.8, 4) is 11.1 Å². The maximum Gasteiger partial charge on any atom is 0.131 e. The van der Waals surface area contributed by atoms with Gasteiger partial charge in [-0.2, -0.15) is 0 Å². The van der Waals surface area contributed by atoms with E-state index >= 15 is 0 Å². The maximum atomic E-state index is 14.3. The van der Waals surface area contributed by atoms with Crippen molar-refractivity contribution in [1.82, 2.24) is 5.32 Å². The Hall–Kier alpha value is -1.67. The van der Waals surface area contributed by atoms with Gasteiger partial charge in [-0.1, -0.05) is 49.7 Å². The summed E-state index contributed by atoms with van der Waals surface area (Å²) in [6, 6.07) is 12.0. The van der Waals surface area contributed by atoms with E-state index in [0.717, 1.165) is 22.3 Å². The molecule has 0 radical (unpaired) electrons. The van der Waals surface area contributed by atoms with E-state index in [-0.39, 0.29) is 5.82 Å². The minimum absolute atomic E-state index is 0.151. The molecule has 2 rings (SSSR count). The van der Waals surface area contributed by atoms with Gasteiger partial charge in [0, 0.05) is 18.2 Å². The van der Waals surface area contributed by atoms with Crippen molar-refractivity contribution >= 4 is 0 Å². The number of aryl methyl sites for hydroxylation is 2. The molecule has 1 N–H and O–H groups in total. The van der Waals surface area contributed by atoms with Gasteiger partial charge in [-0.15, -0.1) is 0 Å². The Morgan fingerprint density at radius 2 is 1.75 bits per heavy atom. The lowest BCUT2D eigenvalue weighted by atomic mass is 9.97. The first-order valence-corrected chi connectivity index (χ1v) is 7.07. The van der Waals surface area contributed by atoms with Crippen LogP contribution in [0, 0.1) is 19.7 Å². The number of hydrogen-bond donors (Lipinski definition) is 1. The van der Waals surface area contributed by atoms with Crippen LogP contribution in [0.15, 0.2) is 36.4 Å². The molecule has 0 aromatic heterocycles. The molecule has 0 saturated carbocycles. The molecule has 0 spiro atoms. The Kier molecular flexibility index (Phi) is 4.56. The van der Waals surface area contributed by atoms with E-state index in [1.54, 1.807) is 6.07 Å². The largest absolute Gasteiger partial charge is 0.310 e. The molecule has 0 aliphatic heterocycles. The lowest BCUT2D eigenvalue weighted by Crippen LogP contribution is -2.21. The van der Waals surface area contributed by atoms with Crippen LogP contribution < -0.4 is 5.32 Å². The second-order valence-corrected chi connectivity index (χ2v) is 5.67. The molecule has 20 heavy (non-hydrogen) atoms.